The smallest absolute Gasteiger partial charge is 0.329 e. The number of piperidine rings is 1. The van der Waals surface area contributed by atoms with Crippen LogP contribution in [0.15, 0.2) is 47.6 Å². The van der Waals surface area contributed by atoms with Crippen LogP contribution >= 0.6 is 0 Å². The van der Waals surface area contributed by atoms with Crippen LogP contribution in [0, 0.1) is 35.5 Å². The summed E-state index contributed by atoms with van der Waals surface area (Å²) >= 11 is 0. The van der Waals surface area contributed by atoms with Gasteiger partial charge in [0.25, 0.3) is 11.7 Å². The molecule has 0 aromatic rings. The first-order valence-corrected chi connectivity index (χ1v) is 23.9. The van der Waals surface area contributed by atoms with Crippen molar-refractivity contribution in [2.24, 2.45) is 35.5 Å². The third kappa shape index (κ3) is 14.3. The number of amides is 1. The van der Waals surface area contributed by atoms with Gasteiger partial charge >= 0.3 is 5.97 Å². The van der Waals surface area contributed by atoms with E-state index in [0.29, 0.717) is 63.4 Å². The lowest BCUT2D eigenvalue weighted by atomic mass is 9.78. The third-order valence-electron chi connectivity index (χ3n) is 14.5. The first-order valence-electron chi connectivity index (χ1n) is 23.9. The van der Waals surface area contributed by atoms with Crippen molar-refractivity contribution >= 4 is 29.2 Å². The molecule has 1 saturated carbocycles. The number of ether oxygens (including phenoxy) is 5. The molecule has 1 aliphatic carbocycles. The van der Waals surface area contributed by atoms with Crippen LogP contribution in [0.5, 0.6) is 0 Å². The van der Waals surface area contributed by atoms with Gasteiger partial charge in [-0.05, 0) is 107 Å². The average molecular weight is 914 g/mol. The average Bonchev–Trinajstić information content (AvgIpc) is 3.28. The van der Waals surface area contributed by atoms with Gasteiger partial charge in [-0.2, -0.15) is 0 Å². The number of allylic oxidation sites excluding steroid dienone is 6. The predicted molar refractivity (Wildman–Crippen MR) is 245 cm³/mol. The molecule has 3 fully saturated rings. The quantitative estimate of drug-likeness (QED) is 0.156. The molecule has 1 amide bonds. The molecule has 2 bridgehead atoms. The molecule has 4 aliphatic rings. The van der Waals surface area contributed by atoms with Crippen molar-refractivity contribution in [2.45, 2.75) is 180 Å². The highest BCUT2D eigenvalue weighted by Crippen LogP contribution is 2.38. The number of cyclic esters (lactones) is 1. The number of carbonyl (C=O) groups excluding carboxylic acids is 5. The summed E-state index contributed by atoms with van der Waals surface area (Å²) in [7, 11) is 4.52. The highest BCUT2D eigenvalue weighted by molar-refractivity contribution is 6.39. The van der Waals surface area contributed by atoms with Gasteiger partial charge < -0.3 is 43.9 Å². The summed E-state index contributed by atoms with van der Waals surface area (Å²) in [5, 5.41) is 33.8. The SMILES string of the molecule is CO[C@H]1C[C@@H]2CCC(C)C(O)(O2)C(=O)C(=O)N2CCCCC2C(=O)O[C@H](C(C)C[C@@H]2CCC(O)[C@H](OC)C2)CC(=O)C(C)/C=C(\C)C(O)[C@@H](OC)C(=O)C(C)C[C@H](C)/C=C/C=CC=C1C. The second kappa shape index (κ2) is 25.1. The lowest BCUT2D eigenvalue weighted by molar-refractivity contribution is -0.265. The molecule has 8 unspecified atom stereocenters. The molecule has 0 aromatic carbocycles. The molecule has 0 aromatic heterocycles. The minimum Gasteiger partial charge on any atom is -0.460 e. The summed E-state index contributed by atoms with van der Waals surface area (Å²) < 4.78 is 29.4. The minimum absolute atomic E-state index is 0.0193. The van der Waals surface area contributed by atoms with Crippen molar-refractivity contribution in [1.29, 1.82) is 0 Å². The number of nitrogens with zero attached hydrogens (tertiary/aromatic N) is 1. The number of fused-ring (bicyclic) bond motifs is 3. The van der Waals surface area contributed by atoms with Crippen LogP contribution in [0.25, 0.3) is 0 Å². The number of ketones is 3. The normalized spacial score (nSPS) is 39.1. The molecule has 65 heavy (non-hydrogen) atoms. The standard InChI is InChI=1S/C51H79NO13/c1-30-16-12-11-13-17-31(2)42(61-8)28-38-21-19-36(7)51(60,65-38)48(57)49(58)52-23-15-14-18-39(52)50(59)64-43(33(4)26-37-20-22-40(53)44(27-37)62-9)29-41(54)32(3)25-35(6)46(56)47(63-10)45(55)34(5)24-30/h11-13,16-17,25,30,32-34,36-40,42-44,46-47,53,56,60H,14-15,18-24,26-29H2,1-10H3/b13-11?,16-12+,31-17?,35-25+/t30-,32?,33?,34?,36?,37+,38+,39?,40?,42+,43+,44-,46?,47+,51?/m1/s1. The van der Waals surface area contributed by atoms with E-state index in [1.165, 1.54) is 12.0 Å². The number of esters is 1. The fourth-order valence-corrected chi connectivity index (χ4v) is 10.1. The van der Waals surface area contributed by atoms with Crippen molar-refractivity contribution < 1.29 is 63.0 Å². The van der Waals surface area contributed by atoms with Crippen molar-refractivity contribution in [1.82, 2.24) is 4.90 Å². The summed E-state index contributed by atoms with van der Waals surface area (Å²) in [6.07, 6.45) is 11.2. The molecule has 14 nitrogen and oxygen atoms in total. The fraction of sp³-hybridized carbons (Fsp3) is 0.745. The van der Waals surface area contributed by atoms with Crippen molar-refractivity contribution in [3.63, 3.8) is 0 Å². The Balaban J connectivity index is 1.70. The van der Waals surface area contributed by atoms with Crippen LogP contribution in [-0.4, -0.2) is 132 Å². The molecule has 3 heterocycles. The number of rotatable bonds is 6. The van der Waals surface area contributed by atoms with Crippen LogP contribution in [0.2, 0.25) is 0 Å². The Morgan fingerprint density at radius 3 is 2.25 bits per heavy atom. The Hall–Kier alpha value is -3.37. The van der Waals surface area contributed by atoms with E-state index in [9.17, 15) is 39.3 Å². The summed E-state index contributed by atoms with van der Waals surface area (Å²) in [6.45, 7) is 12.7. The molecule has 3 N–H and O–H groups in total. The third-order valence-corrected chi connectivity index (χ3v) is 14.5. The van der Waals surface area contributed by atoms with Gasteiger partial charge in [0.1, 0.15) is 30.1 Å². The maximum absolute atomic E-state index is 14.4. The van der Waals surface area contributed by atoms with Gasteiger partial charge in [0.2, 0.25) is 5.79 Å². The van der Waals surface area contributed by atoms with Gasteiger partial charge in [-0.15, -0.1) is 0 Å². The monoisotopic (exact) mass is 914 g/mol. The summed E-state index contributed by atoms with van der Waals surface area (Å²) in [5.74, 6) is -7.96. The van der Waals surface area contributed by atoms with Gasteiger partial charge in [-0.3, -0.25) is 19.2 Å². The predicted octanol–water partition coefficient (Wildman–Crippen LogP) is 6.18. The number of methoxy groups -OCH3 is 3. The summed E-state index contributed by atoms with van der Waals surface area (Å²) in [6, 6.07) is -1.14. The molecule has 14 heteroatoms. The zero-order valence-corrected chi connectivity index (χ0v) is 40.6. The number of carbonyl (C=O) groups is 5. The Kier molecular flexibility index (Phi) is 21.0. The number of hydrogen-bond acceptors (Lipinski definition) is 13. The van der Waals surface area contributed by atoms with E-state index in [2.05, 4.69) is 0 Å². The van der Waals surface area contributed by atoms with Crippen molar-refractivity contribution in [3.8, 4) is 0 Å². The Morgan fingerprint density at radius 1 is 0.846 bits per heavy atom. The molecule has 0 spiro atoms. The summed E-state index contributed by atoms with van der Waals surface area (Å²) in [5.41, 5.74) is 1.27. The molecule has 366 valence electrons. The summed E-state index contributed by atoms with van der Waals surface area (Å²) in [4.78, 5) is 71.8. The molecule has 2 saturated heterocycles. The molecule has 0 radical (unpaired) electrons. The topological polar surface area (TPSA) is 195 Å². The number of hydrogen-bond donors (Lipinski definition) is 3. The second-order valence-electron chi connectivity index (χ2n) is 19.6. The van der Waals surface area contributed by atoms with Gasteiger partial charge in [0, 0.05) is 58.5 Å². The lowest BCUT2D eigenvalue weighted by Gasteiger charge is -2.42. The molecule has 3 aliphatic heterocycles. The molecule has 15 atom stereocenters. The Labute approximate surface area is 387 Å². The largest absolute Gasteiger partial charge is 0.460 e. The maximum Gasteiger partial charge on any atom is 0.329 e. The van der Waals surface area contributed by atoms with E-state index in [-0.39, 0.29) is 54.8 Å². The maximum atomic E-state index is 14.4. The Morgan fingerprint density at radius 2 is 1.57 bits per heavy atom. The highest BCUT2D eigenvalue weighted by Gasteiger charge is 2.53. The second-order valence-corrected chi connectivity index (χ2v) is 19.6. The van der Waals surface area contributed by atoms with Gasteiger partial charge in [0.05, 0.1) is 24.4 Å². The number of aliphatic hydroxyl groups is 3. The van der Waals surface area contributed by atoms with Crippen molar-refractivity contribution in [3.05, 3.63) is 47.6 Å². The molecular formula is C51H79NO13. The van der Waals surface area contributed by atoms with E-state index in [1.54, 1.807) is 41.1 Å². The zero-order valence-electron chi connectivity index (χ0n) is 40.6. The van der Waals surface area contributed by atoms with E-state index in [0.717, 1.165) is 12.0 Å². The lowest BCUT2D eigenvalue weighted by Crippen LogP contribution is -2.61. The number of aliphatic hydroxyl groups excluding tert-OH is 2. The highest BCUT2D eigenvalue weighted by atomic mass is 16.6. The van der Waals surface area contributed by atoms with Crippen LogP contribution in [0.3, 0.4) is 0 Å². The van der Waals surface area contributed by atoms with E-state index in [1.807, 2.05) is 58.1 Å². The van der Waals surface area contributed by atoms with Crippen LogP contribution in [-0.2, 0) is 47.7 Å². The van der Waals surface area contributed by atoms with Crippen molar-refractivity contribution in [2.75, 3.05) is 27.9 Å². The Bertz CT molecular complexity index is 1760. The first-order chi connectivity index (χ1) is 30.7. The van der Waals surface area contributed by atoms with Gasteiger partial charge in [-0.1, -0.05) is 71.1 Å². The number of Topliss-reactive ketones (excluding diaryl/α,β-unsaturated/α-hetero) is 3. The fourth-order valence-electron chi connectivity index (χ4n) is 10.1. The molecule has 4 rings (SSSR count). The zero-order chi connectivity index (χ0) is 48.2. The van der Waals surface area contributed by atoms with Gasteiger partial charge in [-0.25, -0.2) is 4.79 Å². The van der Waals surface area contributed by atoms with Crippen LogP contribution in [0.4, 0.5) is 0 Å². The van der Waals surface area contributed by atoms with E-state index < -0.39 is 83.9 Å². The minimum atomic E-state index is -2.43. The first kappa shape index (κ1) is 54.2. The molecular weight excluding hydrogens is 835 g/mol. The van der Waals surface area contributed by atoms with Crippen LogP contribution in [0.1, 0.15) is 126 Å². The van der Waals surface area contributed by atoms with Gasteiger partial charge in [0.15, 0.2) is 5.78 Å². The van der Waals surface area contributed by atoms with E-state index >= 15 is 0 Å². The van der Waals surface area contributed by atoms with E-state index in [4.69, 9.17) is 23.7 Å². The van der Waals surface area contributed by atoms with Crippen LogP contribution < -0.4 is 0 Å².